The highest BCUT2D eigenvalue weighted by atomic mass is 32.2. The molecule has 0 amide bonds. The van der Waals surface area contributed by atoms with Crippen molar-refractivity contribution >= 4 is 16.0 Å². The summed E-state index contributed by atoms with van der Waals surface area (Å²) in [5, 5.41) is 6.99. The number of nitrogens with zero attached hydrogens (tertiary/aromatic N) is 5. The molecule has 0 spiro atoms. The van der Waals surface area contributed by atoms with Gasteiger partial charge in [-0.3, -0.25) is 9.29 Å². The Bertz CT molecular complexity index is 1490. The average Bonchev–Trinajstić information content (AvgIpc) is 3.48. The fourth-order valence-electron chi connectivity index (χ4n) is 3.64. The lowest BCUT2D eigenvalue weighted by atomic mass is 9.99. The molecule has 3 N–H and O–H groups in total. The highest BCUT2D eigenvalue weighted by molar-refractivity contribution is 7.93. The molecule has 0 aliphatic heterocycles. The number of sulfonamides is 1. The van der Waals surface area contributed by atoms with E-state index in [9.17, 15) is 12.8 Å². The van der Waals surface area contributed by atoms with Gasteiger partial charge in [-0.1, -0.05) is 6.07 Å². The summed E-state index contributed by atoms with van der Waals surface area (Å²) in [5.74, 6) is 0.971. The molecule has 12 nitrogen and oxygen atoms in total. The summed E-state index contributed by atoms with van der Waals surface area (Å²) in [6.07, 6.45) is 1.84. The van der Waals surface area contributed by atoms with Crippen molar-refractivity contribution in [2.75, 3.05) is 18.9 Å². The molecule has 2 atom stereocenters. The van der Waals surface area contributed by atoms with Crippen LogP contribution in [0.25, 0.3) is 17.3 Å². The molecule has 0 aliphatic rings. The highest BCUT2D eigenvalue weighted by Crippen LogP contribution is 2.38. The predicted molar refractivity (Wildman–Crippen MR) is 132 cm³/mol. The number of furan rings is 1. The van der Waals surface area contributed by atoms with Crippen molar-refractivity contribution in [3.8, 4) is 28.8 Å². The Balaban J connectivity index is 1.84. The van der Waals surface area contributed by atoms with Gasteiger partial charge in [0.25, 0.3) is 0 Å². The van der Waals surface area contributed by atoms with Crippen LogP contribution in [-0.4, -0.2) is 52.6 Å². The third-order valence-corrected chi connectivity index (χ3v) is 7.78. The molecule has 3 aromatic heterocycles. The van der Waals surface area contributed by atoms with E-state index in [0.717, 1.165) is 12.4 Å². The Kier molecular flexibility index (Phi) is 6.88. The van der Waals surface area contributed by atoms with Crippen LogP contribution in [0.4, 0.5) is 10.3 Å². The summed E-state index contributed by atoms with van der Waals surface area (Å²) in [7, 11) is -1.31. The minimum Gasteiger partial charge on any atom is -0.494 e. The molecule has 0 aliphatic carbocycles. The summed E-state index contributed by atoms with van der Waals surface area (Å²) < 4.78 is 61.1. The molecule has 4 rings (SSSR count). The van der Waals surface area contributed by atoms with E-state index >= 15 is 0 Å². The number of benzene rings is 1. The number of ether oxygens (including phenoxy) is 2. The van der Waals surface area contributed by atoms with E-state index in [0.29, 0.717) is 28.7 Å². The molecule has 0 saturated heterocycles. The van der Waals surface area contributed by atoms with E-state index in [1.165, 1.54) is 32.6 Å². The minimum absolute atomic E-state index is 0.0496. The Morgan fingerprint density at radius 2 is 1.73 bits per heavy atom. The number of methoxy groups -OCH3 is 2. The molecule has 3 heterocycles. The maximum absolute atomic E-state index is 13.5. The van der Waals surface area contributed by atoms with Gasteiger partial charge < -0.3 is 19.6 Å². The van der Waals surface area contributed by atoms with E-state index in [1.807, 2.05) is 0 Å². The van der Waals surface area contributed by atoms with Crippen molar-refractivity contribution in [1.29, 1.82) is 0 Å². The van der Waals surface area contributed by atoms with E-state index < -0.39 is 26.6 Å². The van der Waals surface area contributed by atoms with Crippen molar-refractivity contribution in [3.05, 3.63) is 60.1 Å². The fraction of sp³-hybridized carbons (Fsp3) is 0.304. The summed E-state index contributed by atoms with van der Waals surface area (Å²) in [6.45, 7) is 4.59. The number of rotatable bonds is 9. The van der Waals surface area contributed by atoms with Gasteiger partial charge in [0.2, 0.25) is 21.8 Å². The van der Waals surface area contributed by atoms with Crippen LogP contribution in [0.3, 0.4) is 0 Å². The predicted octanol–water partition coefficient (Wildman–Crippen LogP) is 2.79. The molecule has 0 radical (unpaired) electrons. The maximum Gasteiger partial charge on any atom is 0.243 e. The Morgan fingerprint density at radius 1 is 1.11 bits per heavy atom. The van der Waals surface area contributed by atoms with Gasteiger partial charge in [0, 0.05) is 0 Å². The van der Waals surface area contributed by atoms with Crippen LogP contribution in [0.2, 0.25) is 0 Å². The minimum atomic E-state index is -4.25. The van der Waals surface area contributed by atoms with E-state index in [2.05, 4.69) is 24.9 Å². The number of para-hydroxylation sites is 1. The van der Waals surface area contributed by atoms with Gasteiger partial charge >= 0.3 is 0 Å². The standard InChI is InChI=1S/C23H26FN7O5S/c1-13-9-10-18(36-13)20-28-29-22(31(20)19-16(34-4)7-6-8-17(19)35-5)30-37(32,33)14(2)23(3,25)21-26-11-15(24)12-27-21/h6-12,14H,25H2,1-5H3,(H,29,30)/t14-,23+/m0/s1. The third kappa shape index (κ3) is 4.84. The second-order valence-electron chi connectivity index (χ2n) is 8.40. The van der Waals surface area contributed by atoms with Crippen LogP contribution in [0.15, 0.2) is 47.1 Å². The van der Waals surface area contributed by atoms with Crippen molar-refractivity contribution < 1.29 is 26.7 Å². The zero-order chi connectivity index (χ0) is 27.0. The monoisotopic (exact) mass is 531 g/mol. The lowest BCUT2D eigenvalue weighted by molar-refractivity contribution is 0.391. The first-order valence-corrected chi connectivity index (χ1v) is 12.6. The Labute approximate surface area is 212 Å². The van der Waals surface area contributed by atoms with Gasteiger partial charge in [0.15, 0.2) is 11.6 Å². The Hall–Kier alpha value is -4.04. The molecule has 4 aromatic rings. The van der Waals surface area contributed by atoms with E-state index in [1.54, 1.807) is 37.3 Å². The second kappa shape index (κ2) is 9.78. The molecule has 0 bridgehead atoms. The van der Waals surface area contributed by atoms with Gasteiger partial charge in [-0.05, 0) is 45.0 Å². The van der Waals surface area contributed by atoms with Gasteiger partial charge in [0.05, 0.1) is 32.2 Å². The molecular weight excluding hydrogens is 505 g/mol. The molecule has 1 aromatic carbocycles. The number of aromatic nitrogens is 5. The molecular formula is C23H26FN7O5S. The number of hydrogen-bond donors (Lipinski definition) is 2. The largest absolute Gasteiger partial charge is 0.494 e. The van der Waals surface area contributed by atoms with Crippen LogP contribution in [0.5, 0.6) is 11.5 Å². The molecule has 196 valence electrons. The molecule has 0 unspecified atom stereocenters. The SMILES string of the molecule is COc1cccc(OC)c1-n1c(NS(=O)(=O)[C@@H](C)[C@@](C)(N)c2ncc(F)cn2)nnc1-c1ccc(C)o1. The molecule has 14 heteroatoms. The lowest BCUT2D eigenvalue weighted by Crippen LogP contribution is -2.50. The number of hydrogen-bond acceptors (Lipinski definition) is 10. The van der Waals surface area contributed by atoms with Crippen molar-refractivity contribution in [1.82, 2.24) is 24.7 Å². The number of anilines is 1. The first-order chi connectivity index (χ1) is 17.5. The van der Waals surface area contributed by atoms with Crippen LogP contribution in [0.1, 0.15) is 25.4 Å². The summed E-state index contributed by atoms with van der Waals surface area (Å²) in [5.41, 5.74) is 5.09. The summed E-state index contributed by atoms with van der Waals surface area (Å²) in [4.78, 5) is 7.73. The quantitative estimate of drug-likeness (QED) is 0.329. The topological polar surface area (TPSA) is 160 Å². The number of nitrogens with two attached hydrogens (primary N) is 1. The van der Waals surface area contributed by atoms with Crippen molar-refractivity contribution in [2.45, 2.75) is 31.6 Å². The molecule has 0 saturated carbocycles. The van der Waals surface area contributed by atoms with Crippen LogP contribution < -0.4 is 19.9 Å². The van der Waals surface area contributed by atoms with Gasteiger partial charge in [-0.25, -0.2) is 22.8 Å². The number of halogens is 1. The van der Waals surface area contributed by atoms with Gasteiger partial charge in [-0.15, -0.1) is 10.2 Å². The molecule has 0 fully saturated rings. The van der Waals surface area contributed by atoms with Crippen LogP contribution in [0, 0.1) is 12.7 Å². The normalized spacial score (nSPS) is 14.1. The van der Waals surface area contributed by atoms with Crippen molar-refractivity contribution in [3.63, 3.8) is 0 Å². The van der Waals surface area contributed by atoms with Crippen molar-refractivity contribution in [2.24, 2.45) is 5.73 Å². The third-order valence-electron chi connectivity index (χ3n) is 5.89. The summed E-state index contributed by atoms with van der Waals surface area (Å²) in [6, 6.07) is 8.50. The highest BCUT2D eigenvalue weighted by Gasteiger charge is 2.41. The van der Waals surface area contributed by atoms with Crippen LogP contribution >= 0.6 is 0 Å². The maximum atomic E-state index is 13.5. The first kappa shape index (κ1) is 26.0. The van der Waals surface area contributed by atoms with Gasteiger partial charge in [-0.2, -0.15) is 0 Å². The average molecular weight is 532 g/mol. The summed E-state index contributed by atoms with van der Waals surface area (Å²) >= 11 is 0. The smallest absolute Gasteiger partial charge is 0.243 e. The second-order valence-corrected chi connectivity index (χ2v) is 10.4. The zero-order valence-electron chi connectivity index (χ0n) is 20.8. The first-order valence-electron chi connectivity index (χ1n) is 11.0. The van der Waals surface area contributed by atoms with E-state index in [-0.39, 0.29) is 17.6 Å². The Morgan fingerprint density at radius 3 is 2.27 bits per heavy atom. The number of nitrogens with one attached hydrogen (secondary N) is 1. The fourth-order valence-corrected chi connectivity index (χ4v) is 4.95. The van der Waals surface area contributed by atoms with E-state index in [4.69, 9.17) is 19.6 Å². The number of aryl methyl sites for hydroxylation is 1. The lowest BCUT2D eigenvalue weighted by Gasteiger charge is -2.29. The van der Waals surface area contributed by atoms with Gasteiger partial charge in [0.1, 0.15) is 34.0 Å². The van der Waals surface area contributed by atoms with Crippen LogP contribution in [-0.2, 0) is 15.6 Å². The zero-order valence-corrected chi connectivity index (χ0v) is 21.6. The molecule has 37 heavy (non-hydrogen) atoms.